The topological polar surface area (TPSA) is 51.0 Å². The molecule has 0 aliphatic heterocycles. The Kier molecular flexibility index (Phi) is 7.86. The summed E-state index contributed by atoms with van der Waals surface area (Å²) in [6.45, 7) is 3.31. The third-order valence-corrected chi connectivity index (χ3v) is 6.95. The number of anilines is 1. The van der Waals surface area contributed by atoms with Crippen molar-refractivity contribution in [2.24, 2.45) is 0 Å². The van der Waals surface area contributed by atoms with Crippen LogP contribution in [0.25, 0.3) is 21.3 Å². The molecule has 0 N–H and O–H groups in total. The number of carbonyl (C=O) groups excluding carboxylic acids is 1. The zero-order valence-electron chi connectivity index (χ0n) is 19.1. The van der Waals surface area contributed by atoms with E-state index in [9.17, 15) is 4.79 Å². The first-order valence-corrected chi connectivity index (χ1v) is 12.3. The third kappa shape index (κ3) is 5.56. The summed E-state index contributed by atoms with van der Waals surface area (Å²) in [6.07, 6.45) is 6.26. The van der Waals surface area contributed by atoms with E-state index in [2.05, 4.69) is 17.1 Å². The van der Waals surface area contributed by atoms with Crippen LogP contribution >= 0.6 is 35.3 Å². The molecule has 35 heavy (non-hydrogen) atoms. The molecule has 5 rings (SSSR count). The number of thiazole rings is 1. The summed E-state index contributed by atoms with van der Waals surface area (Å²) in [5.74, 6) is -0.0620. The zero-order chi connectivity index (χ0) is 23.5. The average Bonchev–Trinajstić information content (AvgIpc) is 3.52. The number of hydrogen-bond donors (Lipinski definition) is 0. The largest absolute Gasteiger partial charge is 0.337 e. The van der Waals surface area contributed by atoms with Crippen molar-refractivity contribution >= 4 is 56.6 Å². The van der Waals surface area contributed by atoms with E-state index in [1.165, 1.54) is 11.3 Å². The molecule has 0 unspecified atom stereocenters. The molecular formula is C27H24Cl2N4OS. The molecule has 5 nitrogen and oxygen atoms in total. The van der Waals surface area contributed by atoms with E-state index < -0.39 is 0 Å². The van der Waals surface area contributed by atoms with Crippen LogP contribution in [0.5, 0.6) is 0 Å². The smallest absolute Gasteiger partial charge is 0.260 e. The van der Waals surface area contributed by atoms with Crippen LogP contribution in [0.4, 0.5) is 5.13 Å². The first-order valence-electron chi connectivity index (χ1n) is 11.1. The maximum absolute atomic E-state index is 13.7. The Labute approximate surface area is 219 Å². The molecule has 0 fully saturated rings. The van der Waals surface area contributed by atoms with Crippen LogP contribution < -0.4 is 4.90 Å². The van der Waals surface area contributed by atoms with Gasteiger partial charge < -0.3 is 4.57 Å². The number of rotatable bonds is 7. The average molecular weight is 523 g/mol. The number of benzene rings is 3. The van der Waals surface area contributed by atoms with Gasteiger partial charge in [-0.05, 0) is 54.3 Å². The highest BCUT2D eigenvalue weighted by Crippen LogP contribution is 2.34. The highest BCUT2D eigenvalue weighted by atomic mass is 35.5. The Balaban J connectivity index is 0.00000289. The number of imidazole rings is 1. The van der Waals surface area contributed by atoms with Gasteiger partial charge in [-0.2, -0.15) is 0 Å². The van der Waals surface area contributed by atoms with Gasteiger partial charge in [-0.1, -0.05) is 65.4 Å². The fraction of sp³-hybridized carbons (Fsp3) is 0.148. The monoisotopic (exact) mass is 522 g/mol. The molecule has 0 bridgehead atoms. The van der Waals surface area contributed by atoms with Crippen molar-refractivity contribution in [3.05, 3.63) is 102 Å². The SMILES string of the molecule is Cc1cc(Cl)cc2sc(N(CCCn3ccnc3)C(=O)c3ccc(-c4ccccc4)cc3)nc12.Cl. The van der Waals surface area contributed by atoms with Gasteiger partial charge >= 0.3 is 0 Å². The number of fused-ring (bicyclic) bond motifs is 1. The van der Waals surface area contributed by atoms with Crippen molar-refractivity contribution in [3.8, 4) is 11.1 Å². The number of aryl methyl sites for hydroxylation is 2. The van der Waals surface area contributed by atoms with E-state index in [-0.39, 0.29) is 18.3 Å². The van der Waals surface area contributed by atoms with E-state index in [1.54, 1.807) is 17.4 Å². The number of aromatic nitrogens is 3. The molecule has 0 spiro atoms. The molecule has 2 heterocycles. The normalized spacial score (nSPS) is 10.8. The van der Waals surface area contributed by atoms with E-state index >= 15 is 0 Å². The van der Waals surface area contributed by atoms with E-state index in [4.69, 9.17) is 16.6 Å². The maximum Gasteiger partial charge on any atom is 0.260 e. The van der Waals surface area contributed by atoms with Crippen molar-refractivity contribution in [1.29, 1.82) is 0 Å². The van der Waals surface area contributed by atoms with Gasteiger partial charge in [0.25, 0.3) is 5.91 Å². The lowest BCUT2D eigenvalue weighted by Crippen LogP contribution is -2.32. The molecule has 1 amide bonds. The molecule has 0 aliphatic rings. The quantitative estimate of drug-likeness (QED) is 0.225. The lowest BCUT2D eigenvalue weighted by molar-refractivity contribution is 0.0986. The standard InChI is InChI=1S/C27H23ClN4OS.ClH/c1-19-16-23(28)17-24-25(19)30-27(34-24)32(14-5-13-31-15-12-29-18-31)26(33)22-10-8-21(9-11-22)20-6-3-2-4-7-20;/h2-4,6-12,15-18H,5,13-14H2,1H3;1H. The second kappa shape index (κ2) is 11.0. The summed E-state index contributed by atoms with van der Waals surface area (Å²) in [5, 5.41) is 1.36. The molecule has 0 atom stereocenters. The second-order valence-corrected chi connectivity index (χ2v) is 9.57. The molecule has 0 saturated carbocycles. The van der Waals surface area contributed by atoms with Crippen LogP contribution in [-0.2, 0) is 6.54 Å². The van der Waals surface area contributed by atoms with Crippen molar-refractivity contribution < 1.29 is 4.79 Å². The van der Waals surface area contributed by atoms with Gasteiger partial charge in [0.05, 0.1) is 16.5 Å². The van der Waals surface area contributed by atoms with Crippen molar-refractivity contribution in [2.75, 3.05) is 11.4 Å². The first kappa shape index (κ1) is 24.9. The number of halogens is 2. The van der Waals surface area contributed by atoms with Gasteiger partial charge in [-0.15, -0.1) is 12.4 Å². The van der Waals surface area contributed by atoms with Gasteiger partial charge in [0.1, 0.15) is 0 Å². The van der Waals surface area contributed by atoms with Crippen LogP contribution in [0, 0.1) is 6.92 Å². The van der Waals surface area contributed by atoms with E-state index in [0.717, 1.165) is 39.9 Å². The Hall–Kier alpha value is -3.19. The van der Waals surface area contributed by atoms with Crippen molar-refractivity contribution in [2.45, 2.75) is 19.9 Å². The molecule has 178 valence electrons. The van der Waals surface area contributed by atoms with E-state index in [1.807, 2.05) is 72.3 Å². The Morgan fingerprint density at radius 2 is 1.80 bits per heavy atom. The van der Waals surface area contributed by atoms with Crippen LogP contribution in [0.1, 0.15) is 22.3 Å². The van der Waals surface area contributed by atoms with Gasteiger partial charge in [-0.25, -0.2) is 9.97 Å². The van der Waals surface area contributed by atoms with Crippen LogP contribution in [0.2, 0.25) is 5.02 Å². The highest BCUT2D eigenvalue weighted by Gasteiger charge is 2.22. The second-order valence-electron chi connectivity index (χ2n) is 8.12. The lowest BCUT2D eigenvalue weighted by atomic mass is 10.0. The van der Waals surface area contributed by atoms with E-state index in [0.29, 0.717) is 22.3 Å². The lowest BCUT2D eigenvalue weighted by Gasteiger charge is -2.20. The predicted molar refractivity (Wildman–Crippen MR) is 147 cm³/mol. The van der Waals surface area contributed by atoms with Gasteiger partial charge in [-0.3, -0.25) is 9.69 Å². The Morgan fingerprint density at radius 3 is 2.51 bits per heavy atom. The minimum atomic E-state index is -0.0620. The molecule has 8 heteroatoms. The zero-order valence-corrected chi connectivity index (χ0v) is 21.5. The van der Waals surface area contributed by atoms with Crippen LogP contribution in [0.3, 0.4) is 0 Å². The maximum atomic E-state index is 13.7. The number of carbonyl (C=O) groups is 1. The summed E-state index contributed by atoms with van der Waals surface area (Å²) < 4.78 is 2.99. The summed E-state index contributed by atoms with van der Waals surface area (Å²) in [7, 11) is 0. The molecule has 0 radical (unpaired) electrons. The number of amides is 1. The highest BCUT2D eigenvalue weighted by molar-refractivity contribution is 7.22. The van der Waals surface area contributed by atoms with Gasteiger partial charge in [0, 0.05) is 36.1 Å². The van der Waals surface area contributed by atoms with Crippen molar-refractivity contribution in [1.82, 2.24) is 14.5 Å². The fourth-order valence-electron chi connectivity index (χ4n) is 3.96. The summed E-state index contributed by atoms with van der Waals surface area (Å²) in [6, 6.07) is 21.7. The molecule has 0 aliphatic carbocycles. The molecule has 0 saturated heterocycles. The number of nitrogens with zero attached hydrogens (tertiary/aromatic N) is 4. The van der Waals surface area contributed by atoms with Crippen molar-refractivity contribution in [3.63, 3.8) is 0 Å². The molecule has 5 aromatic rings. The summed E-state index contributed by atoms with van der Waals surface area (Å²) >= 11 is 7.76. The Bertz CT molecular complexity index is 1420. The summed E-state index contributed by atoms with van der Waals surface area (Å²) in [5.41, 5.74) is 4.72. The summed E-state index contributed by atoms with van der Waals surface area (Å²) in [4.78, 5) is 24.4. The Morgan fingerprint density at radius 1 is 1.06 bits per heavy atom. The first-order chi connectivity index (χ1) is 16.6. The predicted octanol–water partition coefficient (Wildman–Crippen LogP) is 7.28. The fourth-order valence-corrected chi connectivity index (χ4v) is 5.41. The number of hydrogen-bond acceptors (Lipinski definition) is 4. The van der Waals surface area contributed by atoms with Crippen LogP contribution in [0.15, 0.2) is 85.5 Å². The van der Waals surface area contributed by atoms with Gasteiger partial charge in [0.2, 0.25) is 0 Å². The van der Waals surface area contributed by atoms with Crippen LogP contribution in [-0.4, -0.2) is 27.0 Å². The van der Waals surface area contributed by atoms with Gasteiger partial charge in [0.15, 0.2) is 5.13 Å². The minimum Gasteiger partial charge on any atom is -0.337 e. The molecular weight excluding hydrogens is 499 g/mol. The molecule has 3 aromatic carbocycles. The third-order valence-electron chi connectivity index (χ3n) is 5.71. The molecule has 2 aromatic heterocycles. The minimum absolute atomic E-state index is 0.